The molecule has 4 saturated carbocycles. The van der Waals surface area contributed by atoms with Crippen molar-refractivity contribution < 1.29 is 7.85 Å². The average molecular weight is 419 g/mol. The van der Waals surface area contributed by atoms with Crippen LogP contribution in [0.25, 0.3) is 0 Å². The molecular formula is C29H52O. The Morgan fingerprint density at radius 1 is 0.933 bits per heavy atom. The molecule has 0 amide bonds. The van der Waals surface area contributed by atoms with E-state index in [-0.39, 0.29) is 10.8 Å². The van der Waals surface area contributed by atoms with Crippen molar-refractivity contribution in [1.82, 2.24) is 0 Å². The second-order valence-electron chi connectivity index (χ2n) is 13.7. The molecule has 4 rings (SSSR count). The number of rotatable bonds is 5. The molecule has 0 saturated heterocycles. The molecular weight excluding hydrogens is 364 g/mol. The molecule has 0 aromatic carbocycles. The standard InChI is InChI=1S/C29H52O/c1-19(2)9-8-10-20(3)23-12-13-24-22-11-14-26-27(4,5)17-21(30)18-29(26,7)25(22)15-16-28(23,24)6/h19-26,30H,8-18H2,1-7H3/t20-,21-,22+,23-,24+,25+,26+,28-,29-/m1/s1/i17D,21D/t17-,20-,21-,22+,23-,24+,25+,26+,28-,29-. The van der Waals surface area contributed by atoms with Gasteiger partial charge in [0.25, 0.3) is 0 Å². The van der Waals surface area contributed by atoms with Gasteiger partial charge in [0.15, 0.2) is 0 Å². The van der Waals surface area contributed by atoms with E-state index in [1.165, 1.54) is 57.8 Å². The van der Waals surface area contributed by atoms with Crippen LogP contribution in [0.15, 0.2) is 0 Å². The minimum atomic E-state index is -1.61. The summed E-state index contributed by atoms with van der Waals surface area (Å²) >= 11 is 0. The van der Waals surface area contributed by atoms with Crippen molar-refractivity contribution in [2.24, 2.45) is 57.7 Å². The molecule has 1 N–H and O–H groups in total. The first-order valence-electron chi connectivity index (χ1n) is 14.5. The lowest BCUT2D eigenvalue weighted by atomic mass is 9.41. The van der Waals surface area contributed by atoms with Crippen LogP contribution >= 0.6 is 0 Å². The van der Waals surface area contributed by atoms with Gasteiger partial charge >= 0.3 is 0 Å². The Morgan fingerprint density at radius 3 is 2.33 bits per heavy atom. The summed E-state index contributed by atoms with van der Waals surface area (Å²) in [6.07, 6.45) is 10.2. The van der Waals surface area contributed by atoms with Crippen LogP contribution in [0.4, 0.5) is 0 Å². The lowest BCUT2D eigenvalue weighted by Crippen LogP contribution is -2.58. The van der Waals surface area contributed by atoms with Gasteiger partial charge in [0, 0.05) is 1.37 Å². The molecule has 30 heavy (non-hydrogen) atoms. The van der Waals surface area contributed by atoms with Gasteiger partial charge in [0.05, 0.1) is 7.45 Å². The summed E-state index contributed by atoms with van der Waals surface area (Å²) < 4.78 is 17.4. The molecule has 0 bridgehead atoms. The van der Waals surface area contributed by atoms with Crippen molar-refractivity contribution in [2.75, 3.05) is 0 Å². The molecule has 0 heterocycles. The fourth-order valence-electron chi connectivity index (χ4n) is 9.93. The van der Waals surface area contributed by atoms with Crippen LogP contribution in [-0.4, -0.2) is 11.2 Å². The van der Waals surface area contributed by atoms with Crippen LogP contribution in [0.2, 0.25) is 0 Å². The predicted octanol–water partition coefficient (Wildman–Crippen LogP) is 8.10. The summed E-state index contributed by atoms with van der Waals surface area (Å²) in [5.41, 5.74) is 0.197. The molecule has 0 aliphatic heterocycles. The van der Waals surface area contributed by atoms with Gasteiger partial charge in [-0.05, 0) is 109 Å². The van der Waals surface area contributed by atoms with E-state index in [9.17, 15) is 5.11 Å². The maximum atomic E-state index is 11.0. The van der Waals surface area contributed by atoms with Crippen molar-refractivity contribution in [3.63, 3.8) is 0 Å². The van der Waals surface area contributed by atoms with Crippen molar-refractivity contribution >= 4 is 0 Å². The Labute approximate surface area is 191 Å². The minimum absolute atomic E-state index is 0.00274. The third-order valence-corrected chi connectivity index (χ3v) is 11.1. The summed E-state index contributed by atoms with van der Waals surface area (Å²) in [6, 6.07) is 0. The van der Waals surface area contributed by atoms with Gasteiger partial charge in [-0.2, -0.15) is 0 Å². The van der Waals surface area contributed by atoms with Crippen molar-refractivity contribution in [1.29, 1.82) is 0 Å². The first kappa shape index (κ1) is 20.6. The van der Waals surface area contributed by atoms with Gasteiger partial charge in [-0.1, -0.05) is 67.7 Å². The van der Waals surface area contributed by atoms with Gasteiger partial charge in [-0.3, -0.25) is 0 Å². The predicted molar refractivity (Wildman–Crippen MR) is 128 cm³/mol. The van der Waals surface area contributed by atoms with Crippen LogP contribution in [-0.2, 0) is 0 Å². The van der Waals surface area contributed by atoms with Crippen LogP contribution in [0.1, 0.15) is 122 Å². The highest BCUT2D eigenvalue weighted by Gasteiger charge is 2.63. The highest BCUT2D eigenvalue weighted by molar-refractivity contribution is 5.12. The molecule has 0 aromatic rings. The first-order chi connectivity index (χ1) is 14.7. The third kappa shape index (κ3) is 3.72. The molecule has 0 spiro atoms. The molecule has 174 valence electrons. The zero-order valence-corrected chi connectivity index (χ0v) is 21.1. The van der Waals surface area contributed by atoms with E-state index in [0.717, 1.165) is 29.6 Å². The van der Waals surface area contributed by atoms with E-state index >= 15 is 0 Å². The summed E-state index contributed by atoms with van der Waals surface area (Å²) in [4.78, 5) is 0. The number of hydrogen-bond donors (Lipinski definition) is 1. The van der Waals surface area contributed by atoms with Crippen molar-refractivity contribution in [3.05, 3.63) is 0 Å². The fraction of sp³-hybridized carbons (Fsp3) is 1.00. The third-order valence-electron chi connectivity index (χ3n) is 11.1. The second-order valence-corrected chi connectivity index (χ2v) is 13.7. The normalized spacial score (nSPS) is 54.6. The van der Waals surface area contributed by atoms with Crippen LogP contribution in [0.5, 0.6) is 0 Å². The van der Waals surface area contributed by atoms with E-state index in [4.69, 9.17) is 2.74 Å². The molecule has 0 aromatic heterocycles. The average Bonchev–Trinajstić information content (AvgIpc) is 3.03. The lowest BCUT2D eigenvalue weighted by Gasteiger charge is -2.64. The van der Waals surface area contributed by atoms with E-state index in [1.54, 1.807) is 0 Å². The molecule has 4 aliphatic rings. The highest BCUT2D eigenvalue weighted by atomic mass is 16.3. The minimum Gasteiger partial charge on any atom is -0.393 e. The Bertz CT molecular complexity index is 687. The zero-order valence-electron chi connectivity index (χ0n) is 23.1. The first-order valence-corrected chi connectivity index (χ1v) is 13.4. The van der Waals surface area contributed by atoms with E-state index in [1.807, 2.05) is 0 Å². The molecule has 4 aliphatic carbocycles. The summed E-state index contributed by atoms with van der Waals surface area (Å²) in [5, 5.41) is 11.0. The van der Waals surface area contributed by atoms with Gasteiger partial charge in [-0.15, -0.1) is 0 Å². The van der Waals surface area contributed by atoms with Crippen LogP contribution < -0.4 is 0 Å². The SMILES string of the molecule is [2H][C@H]1C(C)(C)[C@@H]2CC[C@H]3[C@@H]4CC[C@H]([C@H](C)CCCC(C)C)[C@@]4(C)CC[C@@H]3[C@@]2(C)C[C@]1([2H])O. The molecule has 0 unspecified atom stereocenters. The lowest BCUT2D eigenvalue weighted by molar-refractivity contribution is -0.170. The number of fused-ring (bicyclic) bond motifs is 5. The second kappa shape index (κ2) is 8.07. The van der Waals surface area contributed by atoms with Crippen molar-refractivity contribution in [2.45, 2.75) is 125 Å². The van der Waals surface area contributed by atoms with E-state index in [0.29, 0.717) is 23.7 Å². The molecule has 4 fully saturated rings. The number of hydrogen-bond acceptors (Lipinski definition) is 1. The van der Waals surface area contributed by atoms with Crippen LogP contribution in [0, 0.1) is 57.7 Å². The highest BCUT2D eigenvalue weighted by Crippen LogP contribution is 2.70. The van der Waals surface area contributed by atoms with Crippen LogP contribution in [0.3, 0.4) is 0 Å². The summed E-state index contributed by atoms with van der Waals surface area (Å²) in [5.74, 6) is 5.20. The van der Waals surface area contributed by atoms with Crippen molar-refractivity contribution in [3.8, 4) is 0 Å². The Balaban J connectivity index is 1.54. The summed E-state index contributed by atoms with van der Waals surface area (Å²) in [7, 11) is 0. The molecule has 10 atom stereocenters. The van der Waals surface area contributed by atoms with Gasteiger partial charge < -0.3 is 5.11 Å². The largest absolute Gasteiger partial charge is 0.393 e. The van der Waals surface area contributed by atoms with E-state index in [2.05, 4.69) is 48.5 Å². The number of aliphatic hydroxyl groups is 1. The van der Waals surface area contributed by atoms with Gasteiger partial charge in [-0.25, -0.2) is 0 Å². The monoisotopic (exact) mass is 418 g/mol. The molecule has 1 heteroatoms. The fourth-order valence-corrected chi connectivity index (χ4v) is 9.93. The maximum absolute atomic E-state index is 11.0. The zero-order chi connectivity index (χ0) is 23.7. The summed E-state index contributed by atoms with van der Waals surface area (Å²) in [6.45, 7) is 16.6. The topological polar surface area (TPSA) is 20.2 Å². The molecule has 1 nitrogen and oxygen atoms in total. The Kier molecular flexibility index (Phi) is 5.53. The van der Waals surface area contributed by atoms with Gasteiger partial charge in [0.1, 0.15) is 0 Å². The Hall–Kier alpha value is -0.0400. The molecule has 0 radical (unpaired) electrons. The maximum Gasteiger partial charge on any atom is 0.0601 e. The van der Waals surface area contributed by atoms with E-state index < -0.39 is 12.5 Å². The Morgan fingerprint density at radius 2 is 1.63 bits per heavy atom. The smallest absolute Gasteiger partial charge is 0.0601 e. The van der Waals surface area contributed by atoms with Gasteiger partial charge in [0.2, 0.25) is 0 Å². The quantitative estimate of drug-likeness (QED) is 0.478.